The van der Waals surface area contributed by atoms with E-state index in [0.29, 0.717) is 0 Å². The van der Waals surface area contributed by atoms with Crippen molar-refractivity contribution in [1.82, 2.24) is 5.32 Å². The van der Waals surface area contributed by atoms with Crippen molar-refractivity contribution in [2.75, 3.05) is 6.61 Å². The average Bonchev–Trinajstić information content (AvgIpc) is 2.36. The number of rotatable bonds is 2. The second-order valence-corrected chi connectivity index (χ2v) is 8.19. The van der Waals surface area contributed by atoms with Crippen molar-refractivity contribution in [2.45, 2.75) is 72.1 Å². The summed E-state index contributed by atoms with van der Waals surface area (Å²) in [5.74, 6) is 0.134. The maximum atomic E-state index is 12.8. The normalized spacial score (nSPS) is 37.5. The minimum absolute atomic E-state index is 0.0170. The van der Waals surface area contributed by atoms with Gasteiger partial charge in [-0.15, -0.1) is 0 Å². The second-order valence-electron chi connectivity index (χ2n) is 8.19. The van der Waals surface area contributed by atoms with Crippen LogP contribution in [0, 0.1) is 16.7 Å². The molecule has 1 aliphatic heterocycles. The molecule has 0 bridgehead atoms. The van der Waals surface area contributed by atoms with Crippen molar-refractivity contribution in [1.29, 1.82) is 0 Å². The fourth-order valence-electron chi connectivity index (χ4n) is 3.57. The second kappa shape index (κ2) is 4.70. The molecule has 2 fully saturated rings. The van der Waals surface area contributed by atoms with Crippen LogP contribution in [0.1, 0.15) is 54.4 Å². The van der Waals surface area contributed by atoms with Crippen LogP contribution in [0.2, 0.25) is 0 Å². The van der Waals surface area contributed by atoms with Gasteiger partial charge in [-0.05, 0) is 25.2 Å². The monoisotopic (exact) mass is 282 g/mol. The highest BCUT2D eigenvalue weighted by Gasteiger charge is 2.70. The summed E-state index contributed by atoms with van der Waals surface area (Å²) in [6.45, 7) is 13.3. The molecule has 20 heavy (non-hydrogen) atoms. The Morgan fingerprint density at radius 1 is 1.40 bits per heavy atom. The summed E-state index contributed by atoms with van der Waals surface area (Å²) in [5, 5.41) is 3.13. The van der Waals surface area contributed by atoms with Crippen LogP contribution in [0.3, 0.4) is 0 Å². The number of hydrogen-bond donors (Lipinski definition) is 2. The van der Waals surface area contributed by atoms with Crippen molar-refractivity contribution in [3.63, 3.8) is 0 Å². The first-order valence-corrected chi connectivity index (χ1v) is 7.74. The number of fused-ring (bicyclic) bond motifs is 1. The number of carbonyl (C=O) groups is 1. The van der Waals surface area contributed by atoms with E-state index in [1.807, 2.05) is 6.92 Å². The van der Waals surface area contributed by atoms with Gasteiger partial charge >= 0.3 is 0 Å². The van der Waals surface area contributed by atoms with Crippen LogP contribution in [0.15, 0.2) is 0 Å². The highest BCUT2D eigenvalue weighted by molar-refractivity contribution is 5.89. The van der Waals surface area contributed by atoms with Gasteiger partial charge in [-0.1, -0.05) is 34.6 Å². The molecule has 0 aromatic heterocycles. The smallest absolute Gasteiger partial charge is 0.241 e. The fourth-order valence-corrected chi connectivity index (χ4v) is 3.57. The third kappa shape index (κ3) is 2.08. The Morgan fingerprint density at radius 3 is 2.55 bits per heavy atom. The standard InChI is InChI=1S/C16H30N2O2/c1-10(14(2,3)4)18-13(19)16(17)11-8-7-9-20-12(11)15(16,5)6/h10-12H,7-9,17H2,1-6H3,(H,18,19). The molecule has 0 radical (unpaired) electrons. The van der Waals surface area contributed by atoms with E-state index >= 15 is 0 Å². The van der Waals surface area contributed by atoms with Gasteiger partial charge in [-0.3, -0.25) is 4.79 Å². The Bertz CT molecular complexity index is 400. The van der Waals surface area contributed by atoms with Crippen molar-refractivity contribution >= 4 is 5.91 Å². The zero-order valence-electron chi connectivity index (χ0n) is 13.7. The molecule has 3 N–H and O–H groups in total. The summed E-state index contributed by atoms with van der Waals surface area (Å²) < 4.78 is 5.85. The molecule has 116 valence electrons. The topological polar surface area (TPSA) is 64.4 Å². The first-order valence-electron chi connectivity index (χ1n) is 7.74. The highest BCUT2D eigenvalue weighted by Crippen LogP contribution is 2.57. The van der Waals surface area contributed by atoms with Gasteiger partial charge in [0, 0.05) is 24.0 Å². The summed E-state index contributed by atoms with van der Waals surface area (Å²) in [4.78, 5) is 12.8. The summed E-state index contributed by atoms with van der Waals surface area (Å²) in [6, 6.07) is 0.0924. The lowest BCUT2D eigenvalue weighted by atomic mass is 9.46. The zero-order valence-corrected chi connectivity index (χ0v) is 13.7. The summed E-state index contributed by atoms with van der Waals surface area (Å²) in [6.07, 6.45) is 2.11. The molecule has 2 aliphatic rings. The molecule has 0 aromatic carbocycles. The van der Waals surface area contributed by atoms with Crippen molar-refractivity contribution in [2.24, 2.45) is 22.5 Å². The molecule has 0 spiro atoms. The van der Waals surface area contributed by atoms with E-state index in [2.05, 4.69) is 39.9 Å². The molecule has 1 amide bonds. The minimum atomic E-state index is -0.808. The molecule has 2 rings (SSSR count). The van der Waals surface area contributed by atoms with Crippen LogP contribution in [-0.2, 0) is 9.53 Å². The number of hydrogen-bond acceptors (Lipinski definition) is 3. The molecular formula is C16H30N2O2. The van der Waals surface area contributed by atoms with Gasteiger partial charge < -0.3 is 15.8 Å². The van der Waals surface area contributed by atoms with E-state index in [9.17, 15) is 4.79 Å². The van der Waals surface area contributed by atoms with Crippen LogP contribution >= 0.6 is 0 Å². The first-order chi connectivity index (χ1) is 9.03. The maximum absolute atomic E-state index is 12.8. The van der Waals surface area contributed by atoms with Crippen LogP contribution in [0.5, 0.6) is 0 Å². The Labute approximate surface area is 122 Å². The van der Waals surface area contributed by atoms with Crippen molar-refractivity contribution in [3.05, 3.63) is 0 Å². The minimum Gasteiger partial charge on any atom is -0.377 e. The average molecular weight is 282 g/mol. The van der Waals surface area contributed by atoms with Crippen LogP contribution in [0.25, 0.3) is 0 Å². The Hall–Kier alpha value is -0.610. The Morgan fingerprint density at radius 2 is 2.00 bits per heavy atom. The largest absolute Gasteiger partial charge is 0.377 e. The molecule has 1 aliphatic carbocycles. The Kier molecular flexibility index (Phi) is 3.71. The number of amides is 1. The molecule has 1 saturated carbocycles. The lowest BCUT2D eigenvalue weighted by Gasteiger charge is -2.65. The quantitative estimate of drug-likeness (QED) is 0.815. The van der Waals surface area contributed by atoms with Crippen LogP contribution < -0.4 is 11.1 Å². The molecule has 4 atom stereocenters. The summed E-state index contributed by atoms with van der Waals surface area (Å²) in [5.41, 5.74) is 5.49. The molecule has 1 heterocycles. The zero-order chi connectivity index (χ0) is 15.3. The molecule has 0 aromatic rings. The van der Waals surface area contributed by atoms with E-state index in [1.165, 1.54) is 0 Å². The van der Waals surface area contributed by atoms with E-state index in [1.54, 1.807) is 0 Å². The van der Waals surface area contributed by atoms with Gasteiger partial charge in [0.05, 0.1) is 6.10 Å². The van der Waals surface area contributed by atoms with Gasteiger partial charge in [0.2, 0.25) is 5.91 Å². The fraction of sp³-hybridized carbons (Fsp3) is 0.938. The molecule has 4 heteroatoms. The summed E-state index contributed by atoms with van der Waals surface area (Å²) >= 11 is 0. The van der Waals surface area contributed by atoms with Crippen molar-refractivity contribution < 1.29 is 9.53 Å². The van der Waals surface area contributed by atoms with E-state index in [0.717, 1.165) is 19.4 Å². The van der Waals surface area contributed by atoms with Gasteiger partial charge in [0.1, 0.15) is 5.54 Å². The predicted molar refractivity (Wildman–Crippen MR) is 80.2 cm³/mol. The number of carbonyl (C=O) groups excluding carboxylic acids is 1. The van der Waals surface area contributed by atoms with E-state index < -0.39 is 5.54 Å². The molecule has 4 unspecified atom stereocenters. The SMILES string of the molecule is CC(NC(=O)C1(N)C2CCCOC2C1(C)C)C(C)(C)C. The first kappa shape index (κ1) is 15.8. The third-order valence-electron chi connectivity index (χ3n) is 5.71. The number of nitrogens with one attached hydrogen (secondary N) is 1. The van der Waals surface area contributed by atoms with Crippen molar-refractivity contribution in [3.8, 4) is 0 Å². The summed E-state index contributed by atoms with van der Waals surface area (Å²) in [7, 11) is 0. The van der Waals surface area contributed by atoms with Gasteiger partial charge in [0.15, 0.2) is 0 Å². The predicted octanol–water partition coefficient (Wildman–Crippen LogP) is 2.07. The molecule has 1 saturated heterocycles. The van der Waals surface area contributed by atoms with Crippen LogP contribution in [0.4, 0.5) is 0 Å². The lowest BCUT2D eigenvalue weighted by Crippen LogP contribution is -2.82. The molecule has 4 nitrogen and oxygen atoms in total. The maximum Gasteiger partial charge on any atom is 0.241 e. The third-order valence-corrected chi connectivity index (χ3v) is 5.71. The number of nitrogens with two attached hydrogens (primary N) is 1. The van der Waals surface area contributed by atoms with E-state index in [4.69, 9.17) is 10.5 Å². The lowest BCUT2D eigenvalue weighted by molar-refractivity contribution is -0.225. The molecular weight excluding hydrogens is 252 g/mol. The van der Waals surface area contributed by atoms with Crippen LogP contribution in [-0.4, -0.2) is 30.2 Å². The Balaban J connectivity index is 2.16. The van der Waals surface area contributed by atoms with Gasteiger partial charge in [0.25, 0.3) is 0 Å². The number of ether oxygens (including phenoxy) is 1. The highest BCUT2D eigenvalue weighted by atomic mass is 16.5. The van der Waals surface area contributed by atoms with Gasteiger partial charge in [-0.2, -0.15) is 0 Å². The van der Waals surface area contributed by atoms with Gasteiger partial charge in [-0.25, -0.2) is 0 Å². The van der Waals surface area contributed by atoms with E-state index in [-0.39, 0.29) is 34.8 Å².